The van der Waals surface area contributed by atoms with Crippen LogP contribution in [0.15, 0.2) is 18.2 Å². The zero-order valence-electron chi connectivity index (χ0n) is 9.67. The Morgan fingerprint density at radius 3 is 2.76 bits per heavy atom. The van der Waals surface area contributed by atoms with Gasteiger partial charge >= 0.3 is 7.12 Å². The van der Waals surface area contributed by atoms with Gasteiger partial charge in [-0.1, -0.05) is 6.07 Å². The van der Waals surface area contributed by atoms with Gasteiger partial charge in [-0.25, -0.2) is 0 Å². The van der Waals surface area contributed by atoms with Gasteiger partial charge in [0.1, 0.15) is 0 Å². The van der Waals surface area contributed by atoms with Crippen molar-refractivity contribution in [3.05, 3.63) is 28.3 Å². The maximum Gasteiger partial charge on any atom is 0.501 e. The molecule has 1 fully saturated rings. The summed E-state index contributed by atoms with van der Waals surface area (Å²) in [6.45, 7) is 4.14. The molecule has 1 aromatic rings. The van der Waals surface area contributed by atoms with E-state index in [-0.39, 0.29) is 5.69 Å². The summed E-state index contributed by atoms with van der Waals surface area (Å²) in [6, 6.07) is 4.48. The van der Waals surface area contributed by atoms with Crippen LogP contribution in [0.3, 0.4) is 0 Å². The summed E-state index contributed by atoms with van der Waals surface area (Å²) in [5.41, 5.74) is 5.77. The van der Waals surface area contributed by atoms with Gasteiger partial charge < -0.3 is 15.0 Å². The molecule has 1 aliphatic heterocycles. The molecule has 1 aliphatic rings. The highest BCUT2D eigenvalue weighted by Gasteiger charge is 2.41. The minimum Gasteiger partial charge on any atom is -0.404 e. The zero-order valence-corrected chi connectivity index (χ0v) is 9.67. The lowest BCUT2D eigenvalue weighted by Crippen LogP contribution is -2.36. The number of hydrogen-bond donors (Lipinski definition) is 1. The normalized spacial score (nSPS) is 18.4. The molecule has 0 spiro atoms. The Morgan fingerprint density at radius 2 is 2.24 bits per heavy atom. The number of rotatable bonds is 2. The Hall–Kier alpha value is -1.60. The van der Waals surface area contributed by atoms with Crippen LogP contribution >= 0.6 is 0 Å². The lowest BCUT2D eigenvalue weighted by molar-refractivity contribution is -0.383. The maximum absolute atomic E-state index is 10.9. The van der Waals surface area contributed by atoms with E-state index >= 15 is 0 Å². The van der Waals surface area contributed by atoms with Crippen LogP contribution in [-0.4, -0.2) is 24.2 Å². The molecule has 2 rings (SSSR count). The van der Waals surface area contributed by atoms with E-state index in [2.05, 4.69) is 0 Å². The highest BCUT2D eigenvalue weighted by atomic mass is 16.7. The number of nitrogen functional groups attached to an aromatic ring is 1. The van der Waals surface area contributed by atoms with Crippen LogP contribution in [0.4, 0.5) is 11.4 Å². The molecule has 1 aromatic carbocycles. The Morgan fingerprint density at radius 1 is 1.53 bits per heavy atom. The maximum atomic E-state index is 10.9. The highest BCUT2D eigenvalue weighted by molar-refractivity contribution is 6.63. The fraction of sp³-hybridized carbons (Fsp3) is 0.400. The van der Waals surface area contributed by atoms with Crippen molar-refractivity contribution < 1.29 is 14.2 Å². The van der Waals surface area contributed by atoms with Gasteiger partial charge in [-0.3, -0.25) is 10.1 Å². The molecule has 7 heteroatoms. The number of nitro benzene ring substituents is 1. The summed E-state index contributed by atoms with van der Waals surface area (Å²) in [6.07, 6.45) is 0. The second kappa shape index (κ2) is 4.01. The number of nitrogens with two attached hydrogens (primary N) is 1. The van der Waals surface area contributed by atoms with E-state index in [1.54, 1.807) is 12.1 Å². The molecule has 0 saturated carbocycles. The first-order chi connectivity index (χ1) is 7.89. The SMILES string of the molecule is CC1(C)COB(c2ccc(N)cc2[N+](=O)[O-])O1. The molecular formula is C10H13BN2O4. The van der Waals surface area contributed by atoms with Gasteiger partial charge in [0.15, 0.2) is 0 Å². The summed E-state index contributed by atoms with van der Waals surface area (Å²) in [5.74, 6) is 0. The second-order valence-corrected chi connectivity index (χ2v) is 4.60. The Kier molecular flexibility index (Phi) is 2.80. The first-order valence-electron chi connectivity index (χ1n) is 5.22. The van der Waals surface area contributed by atoms with E-state index in [1.807, 2.05) is 13.8 Å². The predicted molar refractivity (Wildman–Crippen MR) is 64.0 cm³/mol. The number of nitrogens with zero attached hydrogens (tertiary/aromatic N) is 1. The third-order valence-corrected chi connectivity index (χ3v) is 2.51. The Balaban J connectivity index is 2.36. The van der Waals surface area contributed by atoms with Crippen LogP contribution in [0.1, 0.15) is 13.8 Å². The lowest BCUT2D eigenvalue weighted by Gasteiger charge is -2.15. The average Bonchev–Trinajstić information content (AvgIpc) is 2.58. The van der Waals surface area contributed by atoms with Crippen molar-refractivity contribution in [3.8, 4) is 0 Å². The molecule has 0 atom stereocenters. The molecule has 17 heavy (non-hydrogen) atoms. The quantitative estimate of drug-likeness (QED) is 0.353. The average molecular weight is 236 g/mol. The van der Waals surface area contributed by atoms with Crippen LogP contribution in [-0.2, 0) is 9.31 Å². The van der Waals surface area contributed by atoms with E-state index in [0.29, 0.717) is 17.8 Å². The smallest absolute Gasteiger partial charge is 0.404 e. The molecule has 2 N–H and O–H groups in total. The van der Waals surface area contributed by atoms with Gasteiger partial charge in [-0.15, -0.1) is 0 Å². The van der Waals surface area contributed by atoms with Gasteiger partial charge in [-0.2, -0.15) is 0 Å². The fourth-order valence-corrected chi connectivity index (χ4v) is 1.71. The summed E-state index contributed by atoms with van der Waals surface area (Å²) >= 11 is 0. The van der Waals surface area contributed by atoms with Crippen molar-refractivity contribution in [2.75, 3.05) is 12.3 Å². The van der Waals surface area contributed by atoms with Gasteiger partial charge in [0.05, 0.1) is 22.6 Å². The van der Waals surface area contributed by atoms with E-state index in [0.717, 1.165) is 0 Å². The van der Waals surface area contributed by atoms with Gasteiger partial charge in [0.25, 0.3) is 5.69 Å². The predicted octanol–water partition coefficient (Wildman–Crippen LogP) is 0.698. The topological polar surface area (TPSA) is 87.6 Å². The largest absolute Gasteiger partial charge is 0.501 e. The molecule has 0 bridgehead atoms. The van der Waals surface area contributed by atoms with E-state index in [4.69, 9.17) is 15.0 Å². The number of benzene rings is 1. The number of anilines is 1. The van der Waals surface area contributed by atoms with Crippen LogP contribution in [0.2, 0.25) is 0 Å². The van der Waals surface area contributed by atoms with Crippen molar-refractivity contribution >= 4 is 24.0 Å². The van der Waals surface area contributed by atoms with Crippen molar-refractivity contribution in [1.29, 1.82) is 0 Å². The molecule has 1 saturated heterocycles. The summed E-state index contributed by atoms with van der Waals surface area (Å²) in [5, 5.41) is 10.9. The summed E-state index contributed by atoms with van der Waals surface area (Å²) in [7, 11) is -0.703. The molecule has 6 nitrogen and oxygen atoms in total. The van der Waals surface area contributed by atoms with Crippen molar-refractivity contribution in [2.24, 2.45) is 0 Å². The summed E-state index contributed by atoms with van der Waals surface area (Å²) < 4.78 is 11.0. The van der Waals surface area contributed by atoms with Crippen molar-refractivity contribution in [2.45, 2.75) is 19.4 Å². The van der Waals surface area contributed by atoms with Gasteiger partial charge in [-0.05, 0) is 19.9 Å². The standard InChI is InChI=1S/C10H13BN2O4/c1-10(2)6-16-11(17-10)8-4-3-7(12)5-9(8)13(14)15/h3-5H,6,12H2,1-2H3. The third kappa shape index (κ3) is 2.40. The summed E-state index contributed by atoms with van der Waals surface area (Å²) in [4.78, 5) is 10.4. The zero-order chi connectivity index (χ0) is 12.6. The van der Waals surface area contributed by atoms with Crippen LogP contribution in [0.5, 0.6) is 0 Å². The van der Waals surface area contributed by atoms with Gasteiger partial charge in [0, 0.05) is 11.8 Å². The molecule has 0 aliphatic carbocycles. The molecule has 90 valence electrons. The van der Waals surface area contributed by atoms with Crippen LogP contribution in [0.25, 0.3) is 0 Å². The molecule has 1 heterocycles. The van der Waals surface area contributed by atoms with E-state index in [9.17, 15) is 10.1 Å². The second-order valence-electron chi connectivity index (χ2n) is 4.60. The minimum absolute atomic E-state index is 0.0762. The Labute approximate surface area is 99.0 Å². The third-order valence-electron chi connectivity index (χ3n) is 2.51. The molecular weight excluding hydrogens is 223 g/mol. The number of nitro groups is 1. The lowest BCUT2D eigenvalue weighted by atomic mass is 9.78. The van der Waals surface area contributed by atoms with Crippen LogP contribution in [0, 0.1) is 10.1 Å². The Bertz CT molecular complexity index is 464. The van der Waals surface area contributed by atoms with Crippen molar-refractivity contribution in [1.82, 2.24) is 0 Å². The number of hydrogen-bond acceptors (Lipinski definition) is 5. The van der Waals surface area contributed by atoms with Crippen LogP contribution < -0.4 is 11.2 Å². The first kappa shape index (κ1) is 11.9. The molecule has 0 aromatic heterocycles. The van der Waals surface area contributed by atoms with Crippen molar-refractivity contribution in [3.63, 3.8) is 0 Å². The van der Waals surface area contributed by atoms with E-state index < -0.39 is 17.6 Å². The molecule has 0 unspecified atom stereocenters. The molecule has 0 amide bonds. The first-order valence-corrected chi connectivity index (χ1v) is 5.22. The van der Waals surface area contributed by atoms with E-state index in [1.165, 1.54) is 6.07 Å². The van der Waals surface area contributed by atoms with Gasteiger partial charge in [0.2, 0.25) is 0 Å². The minimum atomic E-state index is -0.703. The fourth-order valence-electron chi connectivity index (χ4n) is 1.71. The molecule has 0 radical (unpaired) electrons. The highest BCUT2D eigenvalue weighted by Crippen LogP contribution is 2.22. The monoisotopic (exact) mass is 236 g/mol.